The Labute approximate surface area is 146 Å². The number of nitrogens with one attached hydrogen (secondary N) is 3. The van der Waals surface area contributed by atoms with E-state index in [1.54, 1.807) is 24.7 Å². The van der Waals surface area contributed by atoms with Gasteiger partial charge in [0.25, 0.3) is 0 Å². The van der Waals surface area contributed by atoms with Crippen molar-refractivity contribution >= 4 is 22.9 Å². The average Bonchev–Trinajstić information content (AvgIpc) is 3.15. The topological polar surface area (TPSA) is 95.6 Å². The largest absolute Gasteiger partial charge is 0.338 e. The third kappa shape index (κ3) is 4.53. The number of amides is 2. The number of anilines is 1. The van der Waals surface area contributed by atoms with Gasteiger partial charge in [0.15, 0.2) is 0 Å². The zero-order valence-corrected chi connectivity index (χ0v) is 14.2. The number of carbonyl (C=O) groups is 1. The van der Waals surface area contributed by atoms with Crippen molar-refractivity contribution in [1.29, 1.82) is 0 Å². The van der Waals surface area contributed by atoms with Gasteiger partial charge in [-0.1, -0.05) is 26.2 Å². The highest BCUT2D eigenvalue weighted by molar-refractivity contribution is 5.90. The van der Waals surface area contributed by atoms with Gasteiger partial charge >= 0.3 is 6.03 Å². The minimum atomic E-state index is -0.234. The monoisotopic (exact) mass is 338 g/mol. The standard InChI is InChI=1S/C18H22N6O/c1-2-3-4-5-8-19-18(25)24-17-7-6-15-16(23-17)9-13(10-20-15)14-11-21-22-12-14/h6-7,9-12H,2-5,8H2,1H3,(H,21,22)(H2,19,23,24,25). The molecule has 7 nitrogen and oxygen atoms in total. The van der Waals surface area contributed by atoms with Gasteiger partial charge in [0.05, 0.1) is 17.2 Å². The van der Waals surface area contributed by atoms with Crippen molar-refractivity contribution in [3.8, 4) is 11.1 Å². The fourth-order valence-electron chi connectivity index (χ4n) is 2.56. The molecular formula is C18H22N6O. The number of H-pyrrole nitrogens is 1. The van der Waals surface area contributed by atoms with Crippen LogP contribution < -0.4 is 10.6 Å². The summed E-state index contributed by atoms with van der Waals surface area (Å²) in [7, 11) is 0. The van der Waals surface area contributed by atoms with Crippen molar-refractivity contribution in [2.45, 2.75) is 32.6 Å². The first kappa shape index (κ1) is 16.9. The van der Waals surface area contributed by atoms with E-state index >= 15 is 0 Å². The number of carbonyl (C=O) groups excluding carboxylic acids is 1. The molecule has 0 aliphatic heterocycles. The first-order valence-corrected chi connectivity index (χ1v) is 8.57. The third-order valence-electron chi connectivity index (χ3n) is 3.93. The zero-order valence-electron chi connectivity index (χ0n) is 14.2. The van der Waals surface area contributed by atoms with Crippen LogP contribution in [0.15, 0.2) is 36.8 Å². The van der Waals surface area contributed by atoms with Crippen LogP contribution in [0.1, 0.15) is 32.6 Å². The second kappa shape index (κ2) is 8.23. The second-order valence-corrected chi connectivity index (χ2v) is 5.89. The van der Waals surface area contributed by atoms with Gasteiger partial charge in [-0.2, -0.15) is 5.10 Å². The number of urea groups is 1. The molecule has 3 aromatic heterocycles. The van der Waals surface area contributed by atoms with Crippen molar-refractivity contribution < 1.29 is 4.79 Å². The van der Waals surface area contributed by atoms with Gasteiger partial charge in [-0.05, 0) is 24.6 Å². The van der Waals surface area contributed by atoms with Crippen molar-refractivity contribution in [3.63, 3.8) is 0 Å². The molecule has 0 unspecified atom stereocenters. The Hall–Kier alpha value is -2.96. The molecule has 0 radical (unpaired) electrons. The number of unbranched alkanes of at least 4 members (excludes halogenated alkanes) is 3. The number of aromatic nitrogens is 4. The SMILES string of the molecule is CCCCCCNC(=O)Nc1ccc2ncc(-c3cn[nH]c3)cc2n1. The molecule has 7 heteroatoms. The number of aromatic amines is 1. The minimum Gasteiger partial charge on any atom is -0.338 e. The van der Waals surface area contributed by atoms with E-state index in [1.807, 2.05) is 12.1 Å². The lowest BCUT2D eigenvalue weighted by Gasteiger charge is -2.08. The smallest absolute Gasteiger partial charge is 0.320 e. The predicted molar refractivity (Wildman–Crippen MR) is 98.3 cm³/mol. The third-order valence-corrected chi connectivity index (χ3v) is 3.93. The highest BCUT2D eigenvalue weighted by Gasteiger charge is 2.06. The molecule has 3 rings (SSSR count). The second-order valence-electron chi connectivity index (χ2n) is 5.89. The number of nitrogens with zero attached hydrogens (tertiary/aromatic N) is 3. The minimum absolute atomic E-state index is 0.234. The van der Waals surface area contributed by atoms with Crippen molar-refractivity contribution in [3.05, 3.63) is 36.8 Å². The predicted octanol–water partition coefficient (Wildman–Crippen LogP) is 3.72. The van der Waals surface area contributed by atoms with Crippen LogP contribution in [-0.4, -0.2) is 32.7 Å². The van der Waals surface area contributed by atoms with Crippen LogP contribution in [0, 0.1) is 0 Å². The van der Waals surface area contributed by atoms with Gasteiger partial charge in [-0.15, -0.1) is 0 Å². The molecule has 0 atom stereocenters. The Balaban J connectivity index is 1.65. The molecule has 2 amide bonds. The fraction of sp³-hybridized carbons (Fsp3) is 0.333. The van der Waals surface area contributed by atoms with Gasteiger partial charge in [0.1, 0.15) is 5.82 Å². The number of hydrogen-bond donors (Lipinski definition) is 3. The van der Waals surface area contributed by atoms with Gasteiger partial charge in [-0.3, -0.25) is 15.4 Å². The van der Waals surface area contributed by atoms with Crippen molar-refractivity contribution in [1.82, 2.24) is 25.5 Å². The van der Waals surface area contributed by atoms with Gasteiger partial charge < -0.3 is 5.32 Å². The number of hydrogen-bond acceptors (Lipinski definition) is 4. The van der Waals surface area contributed by atoms with Gasteiger partial charge in [0.2, 0.25) is 0 Å². The maximum atomic E-state index is 11.9. The highest BCUT2D eigenvalue weighted by Crippen LogP contribution is 2.21. The van der Waals surface area contributed by atoms with E-state index in [9.17, 15) is 4.79 Å². The van der Waals surface area contributed by atoms with Crippen LogP contribution >= 0.6 is 0 Å². The summed E-state index contributed by atoms with van der Waals surface area (Å²) in [4.78, 5) is 20.8. The molecular weight excluding hydrogens is 316 g/mol. The van der Waals surface area contributed by atoms with E-state index < -0.39 is 0 Å². The molecule has 0 fully saturated rings. The molecule has 3 N–H and O–H groups in total. The molecule has 3 aromatic rings. The molecule has 25 heavy (non-hydrogen) atoms. The van der Waals surface area contributed by atoms with E-state index in [-0.39, 0.29) is 6.03 Å². The average molecular weight is 338 g/mol. The van der Waals surface area contributed by atoms with Crippen LogP contribution in [-0.2, 0) is 0 Å². The van der Waals surface area contributed by atoms with E-state index in [2.05, 4.69) is 37.7 Å². The van der Waals surface area contributed by atoms with E-state index in [1.165, 1.54) is 12.8 Å². The lowest BCUT2D eigenvalue weighted by Crippen LogP contribution is -2.29. The molecule has 0 spiro atoms. The Morgan fingerprint density at radius 2 is 2.04 bits per heavy atom. The zero-order chi connectivity index (χ0) is 17.5. The quantitative estimate of drug-likeness (QED) is 0.572. The highest BCUT2D eigenvalue weighted by atomic mass is 16.2. The molecule has 3 heterocycles. The van der Waals surface area contributed by atoms with E-state index in [4.69, 9.17) is 0 Å². The molecule has 0 aliphatic carbocycles. The summed E-state index contributed by atoms with van der Waals surface area (Å²) in [6, 6.07) is 5.30. The Kier molecular flexibility index (Phi) is 5.56. The lowest BCUT2D eigenvalue weighted by atomic mass is 10.1. The summed E-state index contributed by atoms with van der Waals surface area (Å²) in [5.74, 6) is 0.504. The summed E-state index contributed by atoms with van der Waals surface area (Å²) in [5, 5.41) is 12.4. The molecule has 0 saturated carbocycles. The molecule has 130 valence electrons. The van der Waals surface area contributed by atoms with Crippen LogP contribution in [0.3, 0.4) is 0 Å². The molecule has 0 bridgehead atoms. The van der Waals surface area contributed by atoms with E-state index in [0.29, 0.717) is 12.4 Å². The summed E-state index contributed by atoms with van der Waals surface area (Å²) in [6.45, 7) is 2.84. The first-order chi connectivity index (χ1) is 12.3. The van der Waals surface area contributed by atoms with Crippen LogP contribution in [0.2, 0.25) is 0 Å². The normalized spacial score (nSPS) is 10.8. The Morgan fingerprint density at radius 1 is 1.12 bits per heavy atom. The van der Waals surface area contributed by atoms with Gasteiger partial charge in [0, 0.05) is 30.1 Å². The van der Waals surface area contributed by atoms with Crippen molar-refractivity contribution in [2.75, 3.05) is 11.9 Å². The Morgan fingerprint density at radius 3 is 2.84 bits per heavy atom. The number of rotatable bonds is 7. The fourth-order valence-corrected chi connectivity index (χ4v) is 2.56. The Bertz CT molecular complexity index is 831. The maximum Gasteiger partial charge on any atom is 0.320 e. The van der Waals surface area contributed by atoms with Crippen LogP contribution in [0.25, 0.3) is 22.2 Å². The maximum absolute atomic E-state index is 11.9. The summed E-state index contributed by atoms with van der Waals surface area (Å²) in [5.41, 5.74) is 3.36. The van der Waals surface area contributed by atoms with Crippen LogP contribution in [0.5, 0.6) is 0 Å². The summed E-state index contributed by atoms with van der Waals surface area (Å²) < 4.78 is 0. The van der Waals surface area contributed by atoms with Crippen molar-refractivity contribution in [2.24, 2.45) is 0 Å². The lowest BCUT2D eigenvalue weighted by molar-refractivity contribution is 0.252. The van der Waals surface area contributed by atoms with E-state index in [0.717, 1.165) is 35.0 Å². The summed E-state index contributed by atoms with van der Waals surface area (Å²) >= 11 is 0. The van der Waals surface area contributed by atoms with Gasteiger partial charge in [-0.25, -0.2) is 9.78 Å². The molecule has 0 saturated heterocycles. The molecule has 0 aromatic carbocycles. The number of fused-ring (bicyclic) bond motifs is 1. The molecule has 0 aliphatic rings. The first-order valence-electron chi connectivity index (χ1n) is 8.57. The van der Waals surface area contributed by atoms with Crippen LogP contribution in [0.4, 0.5) is 10.6 Å². The number of pyridine rings is 2. The summed E-state index contributed by atoms with van der Waals surface area (Å²) in [6.07, 6.45) is 9.82.